The van der Waals surface area contributed by atoms with E-state index in [1.54, 1.807) is 12.6 Å². The van der Waals surface area contributed by atoms with Gasteiger partial charge in [0.2, 0.25) is 0 Å². The van der Waals surface area contributed by atoms with E-state index in [2.05, 4.69) is 10.2 Å². The Kier molecular flexibility index (Phi) is 5.34. The Morgan fingerprint density at radius 1 is 1.79 bits per heavy atom. The molecule has 1 aromatic heterocycles. The van der Waals surface area contributed by atoms with Crippen LogP contribution in [0, 0.1) is 0 Å². The molecule has 1 heterocycles. The van der Waals surface area contributed by atoms with Crippen LogP contribution in [0.5, 0.6) is 0 Å². The van der Waals surface area contributed by atoms with Crippen LogP contribution >= 0.6 is 23.1 Å². The molecule has 2 unspecified atom stereocenters. The van der Waals surface area contributed by atoms with Gasteiger partial charge in [0.1, 0.15) is 5.51 Å². The molecule has 80 valence electrons. The van der Waals surface area contributed by atoms with E-state index in [1.807, 2.05) is 0 Å². The van der Waals surface area contributed by atoms with Gasteiger partial charge in [-0.05, 0) is 0 Å². The Hall–Kier alpha value is -0.210. The number of aromatic nitrogens is 2. The average Bonchev–Trinajstić information content (AvgIpc) is 2.66. The number of hydrogen-bond acceptors (Lipinski definition) is 7. The summed E-state index contributed by atoms with van der Waals surface area (Å²) in [6.45, 7) is 0.436. The van der Waals surface area contributed by atoms with Crippen molar-refractivity contribution in [3.8, 4) is 0 Å². The fourth-order valence-corrected chi connectivity index (χ4v) is 2.59. The van der Waals surface area contributed by atoms with Gasteiger partial charge in [-0.3, -0.25) is 0 Å². The normalized spacial score (nSPS) is 15.4. The number of rotatable bonds is 6. The van der Waals surface area contributed by atoms with Crippen molar-refractivity contribution in [1.82, 2.24) is 10.2 Å². The van der Waals surface area contributed by atoms with Crippen molar-refractivity contribution in [1.29, 1.82) is 0 Å². The number of nitrogens with two attached hydrogens (primary N) is 1. The molecule has 0 saturated heterocycles. The van der Waals surface area contributed by atoms with Crippen molar-refractivity contribution in [2.45, 2.75) is 15.6 Å². The summed E-state index contributed by atoms with van der Waals surface area (Å²) < 4.78 is 5.74. The molecule has 0 bridgehead atoms. The maximum atomic E-state index is 9.12. The lowest BCUT2D eigenvalue weighted by Gasteiger charge is -2.18. The smallest absolute Gasteiger partial charge is 0.174 e. The summed E-state index contributed by atoms with van der Waals surface area (Å²) in [5.74, 6) is 0. The third-order valence-corrected chi connectivity index (χ3v) is 3.75. The third-order valence-electron chi connectivity index (χ3n) is 1.61. The van der Waals surface area contributed by atoms with Crippen LogP contribution in [0.25, 0.3) is 0 Å². The molecule has 0 aromatic carbocycles. The molecule has 3 N–H and O–H groups in total. The zero-order valence-electron chi connectivity index (χ0n) is 7.79. The van der Waals surface area contributed by atoms with Gasteiger partial charge in [0.25, 0.3) is 0 Å². The Labute approximate surface area is 90.7 Å². The number of aliphatic hydroxyl groups is 1. The maximum Gasteiger partial charge on any atom is 0.174 e. The van der Waals surface area contributed by atoms with Crippen molar-refractivity contribution in [2.75, 3.05) is 20.3 Å². The van der Waals surface area contributed by atoms with E-state index in [9.17, 15) is 0 Å². The minimum atomic E-state index is -0.195. The second kappa shape index (κ2) is 6.31. The molecule has 0 spiro atoms. The van der Waals surface area contributed by atoms with Gasteiger partial charge in [0, 0.05) is 13.2 Å². The van der Waals surface area contributed by atoms with Crippen LogP contribution < -0.4 is 5.73 Å². The predicted molar refractivity (Wildman–Crippen MR) is 56.5 cm³/mol. The van der Waals surface area contributed by atoms with Gasteiger partial charge < -0.3 is 15.6 Å². The molecule has 0 amide bonds. The van der Waals surface area contributed by atoms with Gasteiger partial charge in [-0.2, -0.15) is 0 Å². The van der Waals surface area contributed by atoms with E-state index in [4.69, 9.17) is 15.6 Å². The fraction of sp³-hybridized carbons (Fsp3) is 0.714. The predicted octanol–water partition coefficient (Wildman–Crippen LogP) is -0.0352. The lowest BCUT2D eigenvalue weighted by atomic mass is 10.2. The van der Waals surface area contributed by atoms with Gasteiger partial charge in [-0.15, -0.1) is 10.2 Å². The van der Waals surface area contributed by atoms with E-state index in [-0.39, 0.29) is 17.9 Å². The maximum absolute atomic E-state index is 9.12. The van der Waals surface area contributed by atoms with Crippen LogP contribution in [-0.4, -0.2) is 46.9 Å². The molecule has 0 aliphatic carbocycles. The largest absolute Gasteiger partial charge is 0.395 e. The van der Waals surface area contributed by atoms with Crippen LogP contribution in [0.15, 0.2) is 9.85 Å². The van der Waals surface area contributed by atoms with E-state index in [1.165, 1.54) is 23.1 Å². The molecule has 0 saturated carbocycles. The number of methoxy groups -OCH3 is 1. The highest BCUT2D eigenvalue weighted by molar-refractivity contribution is 8.01. The summed E-state index contributed by atoms with van der Waals surface area (Å²) in [5, 5.41) is 16.6. The fourth-order valence-electron chi connectivity index (χ4n) is 0.904. The van der Waals surface area contributed by atoms with E-state index in [0.717, 1.165) is 4.34 Å². The average molecular weight is 235 g/mol. The highest BCUT2D eigenvalue weighted by Gasteiger charge is 2.19. The first-order chi connectivity index (χ1) is 6.77. The molecule has 5 nitrogen and oxygen atoms in total. The van der Waals surface area contributed by atoms with Crippen LogP contribution in [0.4, 0.5) is 0 Å². The summed E-state index contributed by atoms with van der Waals surface area (Å²) in [4.78, 5) is 0. The van der Waals surface area contributed by atoms with Gasteiger partial charge >= 0.3 is 0 Å². The van der Waals surface area contributed by atoms with Gasteiger partial charge in [0.05, 0.1) is 18.5 Å². The molecular formula is C7H13N3O2S2. The Morgan fingerprint density at radius 2 is 2.57 bits per heavy atom. The van der Waals surface area contributed by atoms with Crippen molar-refractivity contribution in [3.63, 3.8) is 0 Å². The molecule has 0 radical (unpaired) electrons. The quantitative estimate of drug-likeness (QED) is 0.674. The number of ether oxygens (including phenoxy) is 1. The lowest BCUT2D eigenvalue weighted by Crippen LogP contribution is -2.38. The van der Waals surface area contributed by atoms with Crippen LogP contribution in [0.3, 0.4) is 0 Å². The molecule has 0 fully saturated rings. The van der Waals surface area contributed by atoms with Crippen LogP contribution in [-0.2, 0) is 4.74 Å². The number of nitrogens with zero attached hydrogens (tertiary/aromatic N) is 2. The minimum absolute atomic E-state index is 0.00870. The third kappa shape index (κ3) is 3.50. The monoisotopic (exact) mass is 235 g/mol. The zero-order chi connectivity index (χ0) is 10.4. The van der Waals surface area contributed by atoms with Crippen molar-refractivity contribution >= 4 is 23.1 Å². The van der Waals surface area contributed by atoms with Gasteiger partial charge in [0.15, 0.2) is 4.34 Å². The Morgan fingerprint density at radius 3 is 3.07 bits per heavy atom. The summed E-state index contributed by atoms with van der Waals surface area (Å²) in [6, 6.07) is -0.195. The minimum Gasteiger partial charge on any atom is -0.395 e. The first kappa shape index (κ1) is 11.9. The summed E-state index contributed by atoms with van der Waals surface area (Å²) >= 11 is 2.87. The topological polar surface area (TPSA) is 81.3 Å². The summed E-state index contributed by atoms with van der Waals surface area (Å²) in [5.41, 5.74) is 7.46. The van der Waals surface area contributed by atoms with Crippen molar-refractivity contribution in [2.24, 2.45) is 5.73 Å². The highest BCUT2D eigenvalue weighted by Crippen LogP contribution is 2.25. The first-order valence-corrected chi connectivity index (χ1v) is 5.82. The molecule has 1 aromatic rings. The molecule has 0 aliphatic heterocycles. The molecule has 1 rings (SSSR count). The first-order valence-electron chi connectivity index (χ1n) is 4.06. The zero-order valence-corrected chi connectivity index (χ0v) is 9.42. The molecular weight excluding hydrogens is 222 g/mol. The van der Waals surface area contributed by atoms with Crippen molar-refractivity contribution in [3.05, 3.63) is 5.51 Å². The van der Waals surface area contributed by atoms with Gasteiger partial charge in [-0.1, -0.05) is 23.1 Å². The second-order valence-electron chi connectivity index (χ2n) is 2.66. The van der Waals surface area contributed by atoms with E-state index in [0.29, 0.717) is 6.61 Å². The second-order valence-corrected chi connectivity index (χ2v) is 4.98. The molecule has 14 heavy (non-hydrogen) atoms. The van der Waals surface area contributed by atoms with Crippen molar-refractivity contribution < 1.29 is 9.84 Å². The van der Waals surface area contributed by atoms with E-state index < -0.39 is 0 Å². The number of thioether (sulfide) groups is 1. The number of hydrogen-bond donors (Lipinski definition) is 2. The Bertz CT molecular complexity index is 245. The van der Waals surface area contributed by atoms with Crippen LogP contribution in [0.1, 0.15) is 0 Å². The van der Waals surface area contributed by atoms with Crippen LogP contribution in [0.2, 0.25) is 0 Å². The molecule has 2 atom stereocenters. The van der Waals surface area contributed by atoms with E-state index >= 15 is 0 Å². The van der Waals surface area contributed by atoms with Gasteiger partial charge in [-0.25, -0.2) is 0 Å². The lowest BCUT2D eigenvalue weighted by molar-refractivity contribution is 0.167. The molecule has 0 aliphatic rings. The summed E-state index contributed by atoms with van der Waals surface area (Å²) in [6.07, 6.45) is 0. The standard InChI is InChI=1S/C7H13N3O2S2/c1-12-3-5(8)6(2-11)14-7-10-9-4-13-7/h4-6,11H,2-3,8H2,1H3. The molecule has 7 heteroatoms. The SMILES string of the molecule is COCC(N)C(CO)Sc1nncs1. The summed E-state index contributed by atoms with van der Waals surface area (Å²) in [7, 11) is 1.59. The number of aliphatic hydroxyl groups excluding tert-OH is 1. The highest BCUT2D eigenvalue weighted by atomic mass is 32.2. The Balaban J connectivity index is 2.46.